The first-order chi connectivity index (χ1) is 15.1. The van der Waals surface area contributed by atoms with Gasteiger partial charge in [-0.2, -0.15) is 0 Å². The third-order valence-corrected chi connectivity index (χ3v) is 5.96. The van der Waals surface area contributed by atoms with Gasteiger partial charge in [-0.05, 0) is 43.5 Å². The van der Waals surface area contributed by atoms with Crippen LogP contribution in [-0.4, -0.2) is 54.9 Å². The van der Waals surface area contributed by atoms with Crippen molar-refractivity contribution < 1.29 is 18.7 Å². The van der Waals surface area contributed by atoms with E-state index >= 15 is 0 Å². The number of nitrogens with zero attached hydrogens (tertiary/aromatic N) is 2. The van der Waals surface area contributed by atoms with Gasteiger partial charge in [-0.1, -0.05) is 30.3 Å². The summed E-state index contributed by atoms with van der Waals surface area (Å²) in [7, 11) is 1.62. The molecule has 0 saturated carbocycles. The first kappa shape index (κ1) is 21.0. The number of piperazine rings is 1. The highest BCUT2D eigenvalue weighted by atomic mass is 16.5. The Hall–Kier alpha value is -3.28. The van der Waals surface area contributed by atoms with E-state index < -0.39 is 0 Å². The molecule has 2 amide bonds. The molecule has 0 unspecified atom stereocenters. The van der Waals surface area contributed by atoms with Gasteiger partial charge in [0.05, 0.1) is 7.11 Å². The number of hydrogen-bond acceptors (Lipinski definition) is 4. The van der Waals surface area contributed by atoms with Crippen molar-refractivity contribution in [1.29, 1.82) is 0 Å². The molecule has 1 aromatic heterocycles. The minimum Gasteiger partial charge on any atom is -0.497 e. The minimum atomic E-state index is -0.121. The number of methoxy groups -OCH3 is 1. The van der Waals surface area contributed by atoms with Crippen molar-refractivity contribution in [3.8, 4) is 5.75 Å². The molecule has 31 heavy (non-hydrogen) atoms. The molecule has 1 saturated heterocycles. The van der Waals surface area contributed by atoms with Gasteiger partial charge in [0, 0.05) is 43.5 Å². The molecule has 6 nitrogen and oxygen atoms in total. The fourth-order valence-corrected chi connectivity index (χ4v) is 4.08. The van der Waals surface area contributed by atoms with Crippen LogP contribution in [0.5, 0.6) is 5.75 Å². The fourth-order valence-electron chi connectivity index (χ4n) is 4.08. The zero-order valence-corrected chi connectivity index (χ0v) is 18.1. The van der Waals surface area contributed by atoms with E-state index in [1.54, 1.807) is 12.0 Å². The van der Waals surface area contributed by atoms with Gasteiger partial charge in [0.2, 0.25) is 5.91 Å². The van der Waals surface area contributed by atoms with Crippen LogP contribution in [0, 0.1) is 6.92 Å². The van der Waals surface area contributed by atoms with Crippen LogP contribution in [0.25, 0.3) is 11.0 Å². The summed E-state index contributed by atoms with van der Waals surface area (Å²) in [5.74, 6) is 1.14. The highest BCUT2D eigenvalue weighted by molar-refractivity contribution is 5.99. The normalized spacial score (nSPS) is 14.1. The van der Waals surface area contributed by atoms with Gasteiger partial charge in [0.1, 0.15) is 11.3 Å². The van der Waals surface area contributed by atoms with E-state index in [9.17, 15) is 9.59 Å². The molecule has 2 aromatic carbocycles. The van der Waals surface area contributed by atoms with Gasteiger partial charge in [-0.15, -0.1) is 0 Å². The van der Waals surface area contributed by atoms with Crippen LogP contribution < -0.4 is 4.74 Å². The maximum atomic E-state index is 13.0. The maximum absolute atomic E-state index is 13.0. The lowest BCUT2D eigenvalue weighted by Gasteiger charge is -2.34. The second kappa shape index (κ2) is 9.25. The van der Waals surface area contributed by atoms with Gasteiger partial charge in [0.15, 0.2) is 5.76 Å². The molecule has 162 valence electrons. The monoisotopic (exact) mass is 420 g/mol. The summed E-state index contributed by atoms with van der Waals surface area (Å²) >= 11 is 0. The average molecular weight is 421 g/mol. The SMILES string of the molecule is COc1ccc2oc(C(=O)N3CCN(C(=O)CCCc4ccccc4)CC3)c(C)c2c1. The summed E-state index contributed by atoms with van der Waals surface area (Å²) in [5, 5.41) is 0.884. The van der Waals surface area contributed by atoms with Crippen molar-refractivity contribution in [2.45, 2.75) is 26.2 Å². The topological polar surface area (TPSA) is 63.0 Å². The van der Waals surface area contributed by atoms with Gasteiger partial charge >= 0.3 is 0 Å². The fraction of sp³-hybridized carbons (Fsp3) is 0.360. The molecule has 0 N–H and O–H groups in total. The number of ether oxygens (including phenoxy) is 1. The predicted molar refractivity (Wildman–Crippen MR) is 119 cm³/mol. The number of carbonyl (C=O) groups is 2. The van der Waals surface area contributed by atoms with Crippen LogP contribution in [0.3, 0.4) is 0 Å². The molecule has 0 radical (unpaired) electrons. The lowest BCUT2D eigenvalue weighted by atomic mass is 10.1. The Morgan fingerprint density at radius 2 is 1.71 bits per heavy atom. The maximum Gasteiger partial charge on any atom is 0.290 e. The van der Waals surface area contributed by atoms with Gasteiger partial charge in [0.25, 0.3) is 5.91 Å². The average Bonchev–Trinajstić information content (AvgIpc) is 3.15. The summed E-state index contributed by atoms with van der Waals surface area (Å²) in [4.78, 5) is 29.2. The molecule has 0 bridgehead atoms. The number of rotatable bonds is 6. The number of carbonyl (C=O) groups excluding carboxylic acids is 2. The first-order valence-corrected chi connectivity index (χ1v) is 10.7. The van der Waals surface area contributed by atoms with Crippen molar-refractivity contribution in [3.63, 3.8) is 0 Å². The van der Waals surface area contributed by atoms with E-state index in [-0.39, 0.29) is 11.8 Å². The molecule has 0 aliphatic carbocycles. The molecule has 4 rings (SSSR count). The Morgan fingerprint density at radius 3 is 2.42 bits per heavy atom. The Morgan fingerprint density at radius 1 is 1.00 bits per heavy atom. The summed E-state index contributed by atoms with van der Waals surface area (Å²) in [6.45, 7) is 4.04. The summed E-state index contributed by atoms with van der Waals surface area (Å²) in [6, 6.07) is 15.7. The summed E-state index contributed by atoms with van der Waals surface area (Å²) in [6.07, 6.45) is 2.28. The first-order valence-electron chi connectivity index (χ1n) is 10.7. The quantitative estimate of drug-likeness (QED) is 0.603. The highest BCUT2D eigenvalue weighted by Gasteiger charge is 2.28. The molecule has 1 aliphatic heterocycles. The number of hydrogen-bond donors (Lipinski definition) is 0. The third-order valence-electron chi connectivity index (χ3n) is 5.96. The smallest absolute Gasteiger partial charge is 0.290 e. The molecule has 1 fully saturated rings. The lowest BCUT2D eigenvalue weighted by Crippen LogP contribution is -2.50. The van der Waals surface area contributed by atoms with E-state index in [4.69, 9.17) is 9.15 Å². The minimum absolute atomic E-state index is 0.121. The van der Waals surface area contributed by atoms with E-state index in [0.717, 1.165) is 29.5 Å². The summed E-state index contributed by atoms with van der Waals surface area (Å²) in [5.41, 5.74) is 2.75. The zero-order chi connectivity index (χ0) is 21.8. The molecule has 0 atom stereocenters. The molecular weight excluding hydrogens is 392 g/mol. The Kier molecular flexibility index (Phi) is 6.26. The molecule has 2 heterocycles. The van der Waals surface area contributed by atoms with Gasteiger partial charge < -0.3 is 19.0 Å². The van der Waals surface area contributed by atoms with Crippen LogP contribution in [-0.2, 0) is 11.2 Å². The second-order valence-electron chi connectivity index (χ2n) is 7.93. The third kappa shape index (κ3) is 4.58. The van der Waals surface area contributed by atoms with Gasteiger partial charge in [-0.25, -0.2) is 0 Å². The van der Waals surface area contributed by atoms with Crippen LogP contribution >= 0.6 is 0 Å². The van der Waals surface area contributed by atoms with Gasteiger partial charge in [-0.3, -0.25) is 9.59 Å². The Bertz CT molecular complexity index is 1070. The molecule has 0 spiro atoms. The largest absolute Gasteiger partial charge is 0.497 e. The number of fused-ring (bicyclic) bond motifs is 1. The van der Waals surface area contributed by atoms with Crippen molar-refractivity contribution in [2.24, 2.45) is 0 Å². The molecule has 1 aliphatic rings. The van der Waals surface area contributed by atoms with E-state index in [2.05, 4.69) is 12.1 Å². The van der Waals surface area contributed by atoms with Crippen molar-refractivity contribution in [3.05, 3.63) is 65.4 Å². The van der Waals surface area contributed by atoms with Crippen LogP contribution in [0.4, 0.5) is 0 Å². The van der Waals surface area contributed by atoms with Crippen molar-refractivity contribution >= 4 is 22.8 Å². The highest BCUT2D eigenvalue weighted by Crippen LogP contribution is 2.29. The van der Waals surface area contributed by atoms with Crippen LogP contribution in [0.1, 0.15) is 34.5 Å². The van der Waals surface area contributed by atoms with Crippen molar-refractivity contribution in [2.75, 3.05) is 33.3 Å². The Balaban J connectivity index is 1.32. The second-order valence-corrected chi connectivity index (χ2v) is 7.93. The molecular formula is C25H28N2O4. The molecule has 3 aromatic rings. The van der Waals surface area contributed by atoms with Crippen LogP contribution in [0.15, 0.2) is 52.9 Å². The van der Waals surface area contributed by atoms with E-state index in [0.29, 0.717) is 43.9 Å². The number of benzene rings is 2. The zero-order valence-electron chi connectivity index (χ0n) is 18.1. The van der Waals surface area contributed by atoms with E-state index in [1.807, 2.05) is 48.2 Å². The summed E-state index contributed by atoms with van der Waals surface area (Å²) < 4.78 is 11.1. The number of amides is 2. The Labute approximate surface area is 182 Å². The predicted octanol–water partition coefficient (Wildman–Crippen LogP) is 4.06. The van der Waals surface area contributed by atoms with Crippen LogP contribution in [0.2, 0.25) is 0 Å². The molecule has 6 heteroatoms. The standard InChI is InChI=1S/C25H28N2O4/c1-18-21-17-20(30-2)11-12-22(21)31-24(18)25(29)27-15-13-26(14-16-27)23(28)10-6-9-19-7-4-3-5-8-19/h3-5,7-8,11-12,17H,6,9-10,13-16H2,1-2H3. The number of furan rings is 1. The number of aryl methyl sites for hydroxylation is 2. The van der Waals surface area contributed by atoms with E-state index in [1.165, 1.54) is 5.56 Å². The van der Waals surface area contributed by atoms with Crippen molar-refractivity contribution in [1.82, 2.24) is 9.80 Å². The lowest BCUT2D eigenvalue weighted by molar-refractivity contribution is -0.132.